The number of para-hydroxylation sites is 1. The summed E-state index contributed by atoms with van der Waals surface area (Å²) in [7, 11) is 0. The van der Waals surface area contributed by atoms with E-state index in [1.54, 1.807) is 12.1 Å². The highest BCUT2D eigenvalue weighted by atomic mass is 79.9. The van der Waals surface area contributed by atoms with Crippen LogP contribution in [0.1, 0.15) is 5.56 Å². The molecule has 0 atom stereocenters. The molecule has 0 aliphatic rings. The van der Waals surface area contributed by atoms with Gasteiger partial charge in [-0.3, -0.25) is 0 Å². The standard InChI is InChI=1S/C17H14BrCl2N3O/c18-16-13(19)7-11(8-14(16)20)23-17(24)21-6-5-10-9-22-15-4-2-1-3-12(10)15/h1-4,7-9,22H,5-6H2,(H2,21,23,24). The number of amides is 2. The van der Waals surface area contributed by atoms with Crippen molar-refractivity contribution in [3.63, 3.8) is 0 Å². The van der Waals surface area contributed by atoms with Crippen molar-refractivity contribution in [1.29, 1.82) is 0 Å². The van der Waals surface area contributed by atoms with E-state index in [1.807, 2.05) is 24.4 Å². The number of anilines is 1. The first-order chi connectivity index (χ1) is 11.5. The van der Waals surface area contributed by atoms with E-state index < -0.39 is 0 Å². The first kappa shape index (κ1) is 17.1. The maximum absolute atomic E-state index is 12.0. The first-order valence-electron chi connectivity index (χ1n) is 7.29. The number of carbonyl (C=O) groups excluding carboxylic acids is 1. The van der Waals surface area contributed by atoms with Gasteiger partial charge in [0.2, 0.25) is 0 Å². The summed E-state index contributed by atoms with van der Waals surface area (Å²) in [6, 6.07) is 11.0. The van der Waals surface area contributed by atoms with Gasteiger partial charge in [-0.05, 0) is 46.1 Å². The molecule has 2 aromatic carbocycles. The molecule has 0 bridgehead atoms. The Morgan fingerprint density at radius 1 is 1.17 bits per heavy atom. The number of hydrogen-bond acceptors (Lipinski definition) is 1. The molecule has 7 heteroatoms. The van der Waals surface area contributed by atoms with Crippen LogP contribution in [0.5, 0.6) is 0 Å². The van der Waals surface area contributed by atoms with E-state index in [4.69, 9.17) is 23.2 Å². The Bertz CT molecular complexity index is 871. The van der Waals surface area contributed by atoms with Crippen LogP contribution < -0.4 is 10.6 Å². The molecule has 0 radical (unpaired) electrons. The lowest BCUT2D eigenvalue weighted by Crippen LogP contribution is -2.30. The minimum absolute atomic E-state index is 0.302. The lowest BCUT2D eigenvalue weighted by molar-refractivity contribution is 0.252. The van der Waals surface area contributed by atoms with Gasteiger partial charge in [0.15, 0.2) is 0 Å². The van der Waals surface area contributed by atoms with Crippen molar-refractivity contribution < 1.29 is 4.79 Å². The molecule has 0 aliphatic heterocycles. The van der Waals surface area contributed by atoms with Gasteiger partial charge in [-0.25, -0.2) is 4.79 Å². The molecule has 2 amide bonds. The number of aromatic nitrogens is 1. The first-order valence-corrected chi connectivity index (χ1v) is 8.84. The summed E-state index contributed by atoms with van der Waals surface area (Å²) in [5, 5.41) is 7.60. The Labute approximate surface area is 157 Å². The van der Waals surface area contributed by atoms with Crippen LogP contribution in [0.3, 0.4) is 0 Å². The second-order valence-corrected chi connectivity index (χ2v) is 6.85. The minimum Gasteiger partial charge on any atom is -0.361 e. The van der Waals surface area contributed by atoms with Crippen LogP contribution in [0, 0.1) is 0 Å². The van der Waals surface area contributed by atoms with E-state index in [9.17, 15) is 4.79 Å². The summed E-state index contributed by atoms with van der Waals surface area (Å²) in [6.07, 6.45) is 2.71. The number of fused-ring (bicyclic) bond motifs is 1. The molecule has 3 rings (SSSR count). The summed E-state index contributed by atoms with van der Waals surface area (Å²) < 4.78 is 0.608. The molecule has 124 valence electrons. The Morgan fingerprint density at radius 3 is 2.62 bits per heavy atom. The fourth-order valence-electron chi connectivity index (χ4n) is 2.45. The Hall–Kier alpha value is -1.69. The van der Waals surface area contributed by atoms with Gasteiger partial charge in [0.25, 0.3) is 0 Å². The largest absolute Gasteiger partial charge is 0.361 e. The number of hydrogen-bond donors (Lipinski definition) is 3. The third-order valence-electron chi connectivity index (χ3n) is 3.60. The summed E-state index contributed by atoms with van der Waals surface area (Å²) in [4.78, 5) is 15.2. The zero-order chi connectivity index (χ0) is 17.1. The van der Waals surface area contributed by atoms with Crippen molar-refractivity contribution in [3.05, 3.63) is 62.7 Å². The summed E-state index contributed by atoms with van der Waals surface area (Å²) >= 11 is 15.3. The summed E-state index contributed by atoms with van der Waals surface area (Å²) in [6.45, 7) is 0.520. The minimum atomic E-state index is -0.302. The topological polar surface area (TPSA) is 56.9 Å². The second kappa shape index (κ2) is 7.47. The number of benzene rings is 2. The third kappa shape index (κ3) is 3.86. The van der Waals surface area contributed by atoms with Gasteiger partial charge in [-0.15, -0.1) is 0 Å². The molecule has 3 N–H and O–H groups in total. The predicted octanol–water partition coefficient (Wildman–Crippen LogP) is 5.60. The summed E-state index contributed by atoms with van der Waals surface area (Å²) in [5.41, 5.74) is 2.80. The molecular weight excluding hydrogens is 413 g/mol. The van der Waals surface area contributed by atoms with E-state index in [0.717, 1.165) is 11.9 Å². The molecule has 0 saturated heterocycles. The van der Waals surface area contributed by atoms with Crippen molar-refractivity contribution in [2.24, 2.45) is 0 Å². The van der Waals surface area contributed by atoms with E-state index in [0.29, 0.717) is 26.8 Å². The van der Waals surface area contributed by atoms with Gasteiger partial charge in [0.1, 0.15) is 0 Å². The lowest BCUT2D eigenvalue weighted by atomic mass is 10.1. The Morgan fingerprint density at radius 2 is 1.88 bits per heavy atom. The van der Waals surface area contributed by atoms with Gasteiger partial charge in [0.05, 0.1) is 14.5 Å². The monoisotopic (exact) mass is 425 g/mol. The molecule has 0 fully saturated rings. The third-order valence-corrected chi connectivity index (χ3v) is 5.50. The van der Waals surface area contributed by atoms with Crippen LogP contribution in [-0.4, -0.2) is 17.6 Å². The van der Waals surface area contributed by atoms with Gasteiger partial charge in [-0.2, -0.15) is 0 Å². The van der Waals surface area contributed by atoms with Crippen molar-refractivity contribution in [2.45, 2.75) is 6.42 Å². The molecule has 24 heavy (non-hydrogen) atoms. The van der Waals surface area contributed by atoms with E-state index in [2.05, 4.69) is 37.6 Å². The highest BCUT2D eigenvalue weighted by Crippen LogP contribution is 2.33. The smallest absolute Gasteiger partial charge is 0.319 e. The van der Waals surface area contributed by atoms with Crippen LogP contribution in [-0.2, 0) is 6.42 Å². The number of aromatic amines is 1. The molecule has 3 aromatic rings. The lowest BCUT2D eigenvalue weighted by Gasteiger charge is -2.09. The van der Waals surface area contributed by atoms with Gasteiger partial charge >= 0.3 is 6.03 Å². The molecule has 0 spiro atoms. The van der Waals surface area contributed by atoms with Crippen LogP contribution in [0.2, 0.25) is 10.0 Å². The van der Waals surface area contributed by atoms with Crippen LogP contribution in [0.25, 0.3) is 10.9 Å². The average molecular weight is 427 g/mol. The normalized spacial score (nSPS) is 10.8. The molecule has 1 heterocycles. The van der Waals surface area contributed by atoms with E-state index in [-0.39, 0.29) is 6.03 Å². The average Bonchev–Trinajstić information content (AvgIpc) is 2.96. The maximum Gasteiger partial charge on any atom is 0.319 e. The van der Waals surface area contributed by atoms with E-state index in [1.165, 1.54) is 10.9 Å². The van der Waals surface area contributed by atoms with Gasteiger partial charge in [0, 0.05) is 29.3 Å². The number of carbonyl (C=O) groups is 1. The Balaban J connectivity index is 1.56. The zero-order valence-corrected chi connectivity index (χ0v) is 15.6. The highest BCUT2D eigenvalue weighted by molar-refractivity contribution is 9.10. The number of halogens is 3. The van der Waals surface area contributed by atoms with Gasteiger partial charge in [-0.1, -0.05) is 41.4 Å². The number of rotatable bonds is 4. The SMILES string of the molecule is O=C(NCCc1c[nH]c2ccccc12)Nc1cc(Cl)c(Br)c(Cl)c1. The van der Waals surface area contributed by atoms with Crippen LogP contribution >= 0.6 is 39.1 Å². The fraction of sp³-hybridized carbons (Fsp3) is 0.118. The molecule has 0 saturated carbocycles. The van der Waals surface area contributed by atoms with Crippen molar-refractivity contribution >= 4 is 61.8 Å². The van der Waals surface area contributed by atoms with Crippen molar-refractivity contribution in [2.75, 3.05) is 11.9 Å². The predicted molar refractivity (Wildman–Crippen MR) is 103 cm³/mol. The van der Waals surface area contributed by atoms with Gasteiger partial charge < -0.3 is 15.6 Å². The maximum atomic E-state index is 12.0. The second-order valence-electron chi connectivity index (χ2n) is 5.24. The molecule has 0 unspecified atom stereocenters. The fourth-order valence-corrected chi connectivity index (χ4v) is 3.17. The quantitative estimate of drug-likeness (QED) is 0.467. The van der Waals surface area contributed by atoms with Crippen LogP contribution in [0.15, 0.2) is 47.1 Å². The molecular formula is C17H14BrCl2N3O. The van der Waals surface area contributed by atoms with Crippen molar-refractivity contribution in [1.82, 2.24) is 10.3 Å². The zero-order valence-electron chi connectivity index (χ0n) is 12.5. The molecule has 1 aromatic heterocycles. The number of nitrogens with one attached hydrogen (secondary N) is 3. The summed E-state index contributed by atoms with van der Waals surface area (Å²) in [5.74, 6) is 0. The molecule has 4 nitrogen and oxygen atoms in total. The highest BCUT2D eigenvalue weighted by Gasteiger charge is 2.08. The number of H-pyrrole nitrogens is 1. The van der Waals surface area contributed by atoms with Crippen LogP contribution in [0.4, 0.5) is 10.5 Å². The molecule has 0 aliphatic carbocycles. The van der Waals surface area contributed by atoms with E-state index >= 15 is 0 Å². The Kier molecular flexibility index (Phi) is 5.33. The van der Waals surface area contributed by atoms with Crippen molar-refractivity contribution in [3.8, 4) is 0 Å². The number of urea groups is 1.